The highest BCUT2D eigenvalue weighted by Gasteiger charge is 2.29. The molecule has 0 bridgehead atoms. The molecule has 3 rings (SSSR count). The zero-order valence-electron chi connectivity index (χ0n) is 15.2. The van der Waals surface area contributed by atoms with Crippen LogP contribution in [-0.2, 0) is 21.2 Å². The number of sulfonamides is 1. The lowest BCUT2D eigenvalue weighted by Gasteiger charge is -2.10. The average molecular weight is 422 g/mol. The van der Waals surface area contributed by atoms with E-state index >= 15 is 0 Å². The van der Waals surface area contributed by atoms with Crippen LogP contribution in [0.15, 0.2) is 52.4 Å². The predicted molar refractivity (Wildman–Crippen MR) is 108 cm³/mol. The van der Waals surface area contributed by atoms with Gasteiger partial charge in [0.05, 0.1) is 11.4 Å². The van der Waals surface area contributed by atoms with Crippen molar-refractivity contribution in [1.29, 1.82) is 0 Å². The standard InChI is InChI=1S/C19H20ClN3O4S/c1-2-13-11-14(20)7-8-16(13)27-12-18(24)21-9-10-22-19-15-5-3-4-6-17(15)28(25,26)23-19/h3-8,11H,2,9-10,12H2,1H3,(H,21,24)(H,22,23). The zero-order chi connectivity index (χ0) is 20.1. The van der Waals surface area contributed by atoms with Crippen LogP contribution in [0.2, 0.25) is 5.02 Å². The lowest BCUT2D eigenvalue weighted by atomic mass is 10.1. The molecule has 1 amide bonds. The largest absolute Gasteiger partial charge is 0.483 e. The summed E-state index contributed by atoms with van der Waals surface area (Å²) in [5.41, 5.74) is 1.46. The van der Waals surface area contributed by atoms with Gasteiger partial charge in [-0.3, -0.25) is 14.5 Å². The van der Waals surface area contributed by atoms with Crippen molar-refractivity contribution in [3.63, 3.8) is 0 Å². The van der Waals surface area contributed by atoms with Crippen LogP contribution in [-0.4, -0.2) is 39.9 Å². The Labute approximate surface area is 168 Å². The van der Waals surface area contributed by atoms with E-state index in [2.05, 4.69) is 15.0 Å². The molecule has 0 aliphatic carbocycles. The number of nitrogens with zero attached hydrogens (tertiary/aromatic N) is 1. The van der Waals surface area contributed by atoms with Gasteiger partial charge in [-0.05, 0) is 42.3 Å². The second-order valence-electron chi connectivity index (χ2n) is 6.08. The zero-order valence-corrected chi connectivity index (χ0v) is 16.8. The summed E-state index contributed by atoms with van der Waals surface area (Å²) in [4.78, 5) is 16.4. The maximum atomic E-state index is 12.0. The van der Waals surface area contributed by atoms with E-state index in [0.717, 1.165) is 12.0 Å². The predicted octanol–water partition coefficient (Wildman–Crippen LogP) is 2.14. The van der Waals surface area contributed by atoms with E-state index in [1.807, 2.05) is 13.0 Å². The normalized spacial score (nSPS) is 15.7. The number of aryl methyl sites for hydroxylation is 1. The van der Waals surface area contributed by atoms with Gasteiger partial charge < -0.3 is 10.1 Å². The summed E-state index contributed by atoms with van der Waals surface area (Å²) in [6.07, 6.45) is 0.742. The summed E-state index contributed by atoms with van der Waals surface area (Å²) in [5.74, 6) is 0.624. The van der Waals surface area contributed by atoms with Gasteiger partial charge in [-0.25, -0.2) is 8.42 Å². The molecule has 0 saturated heterocycles. The second kappa shape index (κ2) is 8.62. The first-order valence-electron chi connectivity index (χ1n) is 8.75. The quantitative estimate of drug-likeness (QED) is 0.669. The molecule has 2 N–H and O–H groups in total. The third-order valence-corrected chi connectivity index (χ3v) is 5.76. The number of benzene rings is 2. The van der Waals surface area contributed by atoms with Crippen molar-refractivity contribution in [3.05, 3.63) is 58.6 Å². The maximum Gasteiger partial charge on any atom is 0.263 e. The Morgan fingerprint density at radius 2 is 2.04 bits per heavy atom. The van der Waals surface area contributed by atoms with Crippen molar-refractivity contribution in [2.45, 2.75) is 18.2 Å². The fourth-order valence-corrected chi connectivity index (χ4v) is 4.22. The number of carbonyl (C=O) groups is 1. The second-order valence-corrected chi connectivity index (χ2v) is 8.16. The first kappa shape index (κ1) is 20.2. The Bertz CT molecular complexity index is 1020. The number of ether oxygens (including phenoxy) is 1. The highest BCUT2D eigenvalue weighted by molar-refractivity contribution is 7.90. The minimum absolute atomic E-state index is 0.124. The van der Waals surface area contributed by atoms with Crippen LogP contribution in [0, 0.1) is 0 Å². The maximum absolute atomic E-state index is 12.0. The Morgan fingerprint density at radius 1 is 1.25 bits per heavy atom. The van der Waals surface area contributed by atoms with E-state index in [1.165, 1.54) is 6.07 Å². The van der Waals surface area contributed by atoms with Crippen molar-refractivity contribution in [2.24, 2.45) is 4.99 Å². The van der Waals surface area contributed by atoms with Gasteiger partial charge in [0.1, 0.15) is 11.6 Å². The average Bonchev–Trinajstić information content (AvgIpc) is 2.95. The Balaban J connectivity index is 1.50. The van der Waals surface area contributed by atoms with Crippen LogP contribution >= 0.6 is 11.6 Å². The first-order chi connectivity index (χ1) is 13.4. The lowest BCUT2D eigenvalue weighted by Crippen LogP contribution is -2.31. The van der Waals surface area contributed by atoms with E-state index in [4.69, 9.17) is 16.3 Å². The first-order valence-corrected chi connectivity index (χ1v) is 10.6. The van der Waals surface area contributed by atoms with Crippen molar-refractivity contribution in [3.8, 4) is 5.75 Å². The topological polar surface area (TPSA) is 96.9 Å². The molecular weight excluding hydrogens is 402 g/mol. The number of fused-ring (bicyclic) bond motifs is 1. The van der Waals surface area contributed by atoms with Gasteiger partial charge in [-0.2, -0.15) is 0 Å². The molecule has 0 aromatic heterocycles. The molecule has 2 aromatic carbocycles. The van der Waals surface area contributed by atoms with E-state index in [0.29, 0.717) is 16.3 Å². The summed E-state index contributed by atoms with van der Waals surface area (Å²) in [7, 11) is -3.55. The van der Waals surface area contributed by atoms with Crippen LogP contribution in [0.1, 0.15) is 18.1 Å². The highest BCUT2D eigenvalue weighted by atomic mass is 35.5. The van der Waals surface area contributed by atoms with Crippen LogP contribution in [0.5, 0.6) is 5.75 Å². The molecule has 28 heavy (non-hydrogen) atoms. The molecule has 0 saturated carbocycles. The van der Waals surface area contributed by atoms with E-state index in [9.17, 15) is 13.2 Å². The Morgan fingerprint density at radius 3 is 2.82 bits per heavy atom. The molecule has 1 aliphatic rings. The molecule has 1 aliphatic heterocycles. The van der Waals surface area contributed by atoms with Gasteiger partial charge in [0.25, 0.3) is 15.9 Å². The summed E-state index contributed by atoms with van der Waals surface area (Å²) in [6.45, 7) is 2.35. The molecule has 2 aromatic rings. The smallest absolute Gasteiger partial charge is 0.263 e. The number of hydrogen-bond donors (Lipinski definition) is 2. The number of halogens is 1. The van der Waals surface area contributed by atoms with Crippen molar-refractivity contribution < 1.29 is 17.9 Å². The molecule has 1 heterocycles. The molecule has 7 nitrogen and oxygen atoms in total. The van der Waals surface area contributed by atoms with Gasteiger partial charge in [0.15, 0.2) is 6.61 Å². The van der Waals surface area contributed by atoms with Gasteiger partial charge in [-0.1, -0.05) is 30.7 Å². The van der Waals surface area contributed by atoms with Gasteiger partial charge >= 0.3 is 0 Å². The van der Waals surface area contributed by atoms with E-state index in [1.54, 1.807) is 30.3 Å². The van der Waals surface area contributed by atoms with E-state index < -0.39 is 10.0 Å². The van der Waals surface area contributed by atoms with Crippen LogP contribution in [0.4, 0.5) is 0 Å². The molecule has 0 atom stereocenters. The third kappa shape index (κ3) is 4.63. The Hall–Kier alpha value is -2.58. The Kier molecular flexibility index (Phi) is 6.21. The number of carbonyl (C=O) groups excluding carboxylic acids is 1. The minimum atomic E-state index is -3.55. The number of aliphatic imine (C=N–C) groups is 1. The fourth-order valence-electron chi connectivity index (χ4n) is 2.77. The molecule has 0 radical (unpaired) electrons. The van der Waals surface area contributed by atoms with Crippen molar-refractivity contribution in [2.75, 3.05) is 19.7 Å². The molecule has 0 unspecified atom stereocenters. The number of rotatable bonds is 7. The summed E-state index contributed by atoms with van der Waals surface area (Å²) < 4.78 is 32.0. The number of nitrogens with one attached hydrogen (secondary N) is 2. The fraction of sp³-hybridized carbons (Fsp3) is 0.263. The molecular formula is C19H20ClN3O4S. The molecule has 148 valence electrons. The van der Waals surface area contributed by atoms with Gasteiger partial charge in [0.2, 0.25) is 0 Å². The van der Waals surface area contributed by atoms with Crippen molar-refractivity contribution in [1.82, 2.24) is 10.0 Å². The highest BCUT2D eigenvalue weighted by Crippen LogP contribution is 2.23. The minimum Gasteiger partial charge on any atom is -0.483 e. The SMILES string of the molecule is CCc1cc(Cl)ccc1OCC(=O)NCCN=C1NS(=O)(=O)c2ccccc21. The number of amidine groups is 1. The monoisotopic (exact) mass is 421 g/mol. The van der Waals surface area contributed by atoms with Gasteiger partial charge in [0, 0.05) is 17.1 Å². The molecule has 9 heteroatoms. The summed E-state index contributed by atoms with van der Waals surface area (Å²) in [6, 6.07) is 11.9. The number of amides is 1. The van der Waals surface area contributed by atoms with Crippen LogP contribution < -0.4 is 14.8 Å². The van der Waals surface area contributed by atoms with Gasteiger partial charge in [-0.15, -0.1) is 0 Å². The van der Waals surface area contributed by atoms with E-state index in [-0.39, 0.29) is 36.3 Å². The van der Waals surface area contributed by atoms with Crippen LogP contribution in [0.25, 0.3) is 0 Å². The molecule has 0 spiro atoms. The molecule has 0 fully saturated rings. The summed E-state index contributed by atoms with van der Waals surface area (Å²) >= 11 is 5.96. The number of hydrogen-bond acceptors (Lipinski definition) is 5. The lowest BCUT2D eigenvalue weighted by molar-refractivity contribution is -0.123. The van der Waals surface area contributed by atoms with Crippen molar-refractivity contribution >= 4 is 33.4 Å². The summed E-state index contributed by atoms with van der Waals surface area (Å²) in [5, 5.41) is 3.32. The van der Waals surface area contributed by atoms with Crippen LogP contribution in [0.3, 0.4) is 0 Å². The third-order valence-electron chi connectivity index (χ3n) is 4.13.